The number of hydrogen-bond acceptors (Lipinski definition) is 2. The van der Waals surface area contributed by atoms with Crippen LogP contribution in [0.25, 0.3) is 0 Å². The molecule has 0 spiro atoms. The molecule has 3 N–H and O–H groups in total. The van der Waals surface area contributed by atoms with E-state index in [1.54, 1.807) is 12.1 Å². The maximum Gasteiger partial charge on any atom is 0.164 e. The van der Waals surface area contributed by atoms with Crippen LogP contribution in [0.4, 0.5) is 8.78 Å². The summed E-state index contributed by atoms with van der Waals surface area (Å²) in [5, 5.41) is 10.4. The van der Waals surface area contributed by atoms with Crippen LogP contribution in [0, 0.1) is 11.6 Å². The number of nitrogens with two attached hydrogens (primary N) is 1. The summed E-state index contributed by atoms with van der Waals surface area (Å²) in [6.45, 7) is 0.111. The topological polar surface area (TPSA) is 46.2 Å². The Morgan fingerprint density at radius 1 is 1.05 bits per heavy atom. The first kappa shape index (κ1) is 15.1. The molecule has 2 aromatic carbocycles. The first-order valence-electron chi connectivity index (χ1n) is 6.12. The molecule has 2 rings (SSSR count). The molecule has 2 aromatic rings. The van der Waals surface area contributed by atoms with Gasteiger partial charge in [0, 0.05) is 22.5 Å². The van der Waals surface area contributed by atoms with Gasteiger partial charge in [0.2, 0.25) is 0 Å². The largest absolute Gasteiger partial charge is 0.388 e. The van der Waals surface area contributed by atoms with Gasteiger partial charge in [-0.25, -0.2) is 8.78 Å². The van der Waals surface area contributed by atoms with Crippen molar-refractivity contribution in [3.05, 3.63) is 69.7 Å². The van der Waals surface area contributed by atoms with Crippen molar-refractivity contribution in [2.45, 2.75) is 12.0 Å². The molecule has 5 heteroatoms. The van der Waals surface area contributed by atoms with E-state index in [-0.39, 0.29) is 12.1 Å². The van der Waals surface area contributed by atoms with E-state index in [2.05, 4.69) is 15.9 Å². The van der Waals surface area contributed by atoms with Crippen molar-refractivity contribution in [3.63, 3.8) is 0 Å². The summed E-state index contributed by atoms with van der Waals surface area (Å²) in [4.78, 5) is 0. The molecule has 0 aliphatic heterocycles. The van der Waals surface area contributed by atoms with E-state index in [1.165, 1.54) is 12.1 Å². The van der Waals surface area contributed by atoms with Crippen molar-refractivity contribution in [3.8, 4) is 0 Å². The Balaban J connectivity index is 2.42. The van der Waals surface area contributed by atoms with E-state index in [4.69, 9.17) is 5.73 Å². The minimum absolute atomic E-state index is 0.0868. The zero-order valence-corrected chi connectivity index (χ0v) is 12.1. The molecule has 106 valence electrons. The van der Waals surface area contributed by atoms with Crippen molar-refractivity contribution in [2.24, 2.45) is 5.73 Å². The molecule has 0 saturated heterocycles. The second kappa shape index (κ2) is 6.43. The fourth-order valence-electron chi connectivity index (χ4n) is 2.17. The summed E-state index contributed by atoms with van der Waals surface area (Å²) < 4.78 is 27.8. The van der Waals surface area contributed by atoms with Gasteiger partial charge in [0.05, 0.1) is 6.10 Å². The zero-order valence-electron chi connectivity index (χ0n) is 10.6. The molecule has 0 heterocycles. The number of rotatable bonds is 4. The third-order valence-electron chi connectivity index (χ3n) is 3.24. The lowest BCUT2D eigenvalue weighted by Crippen LogP contribution is -2.21. The van der Waals surface area contributed by atoms with Crippen molar-refractivity contribution < 1.29 is 13.9 Å². The molecule has 0 saturated carbocycles. The Hall–Kier alpha value is -1.30. The molecule has 2 nitrogen and oxygen atoms in total. The van der Waals surface area contributed by atoms with Crippen molar-refractivity contribution in [1.82, 2.24) is 0 Å². The molecular formula is C15H14BrF2NO. The minimum atomic E-state index is -1.21. The van der Waals surface area contributed by atoms with Crippen LogP contribution in [0.1, 0.15) is 23.1 Å². The molecular weight excluding hydrogens is 328 g/mol. The third kappa shape index (κ3) is 2.90. The van der Waals surface area contributed by atoms with Crippen molar-refractivity contribution >= 4 is 15.9 Å². The molecule has 0 aromatic heterocycles. The van der Waals surface area contributed by atoms with Gasteiger partial charge in [0.15, 0.2) is 11.6 Å². The third-order valence-corrected chi connectivity index (χ3v) is 3.96. The second-order valence-corrected chi connectivity index (χ2v) is 5.31. The average molecular weight is 342 g/mol. The lowest BCUT2D eigenvalue weighted by molar-refractivity contribution is 0.142. The SMILES string of the molecule is NCC(c1ccccc1Br)C(O)c1cccc(F)c1F. The number of aliphatic hydroxyl groups excluding tert-OH is 1. The predicted molar refractivity (Wildman–Crippen MR) is 77.3 cm³/mol. The van der Waals surface area contributed by atoms with E-state index < -0.39 is 23.7 Å². The van der Waals surface area contributed by atoms with Gasteiger partial charge in [-0.15, -0.1) is 0 Å². The highest BCUT2D eigenvalue weighted by Crippen LogP contribution is 2.35. The molecule has 0 bridgehead atoms. The Morgan fingerprint density at radius 2 is 1.70 bits per heavy atom. The van der Waals surface area contributed by atoms with Crippen LogP contribution < -0.4 is 5.73 Å². The van der Waals surface area contributed by atoms with Gasteiger partial charge in [-0.1, -0.05) is 46.3 Å². The summed E-state index contributed by atoms with van der Waals surface area (Å²) in [7, 11) is 0. The van der Waals surface area contributed by atoms with Gasteiger partial charge in [0.1, 0.15) is 0 Å². The van der Waals surface area contributed by atoms with Crippen LogP contribution >= 0.6 is 15.9 Å². The summed E-state index contributed by atoms with van der Waals surface area (Å²) in [5.74, 6) is -2.54. The number of halogens is 3. The van der Waals surface area contributed by atoms with E-state index >= 15 is 0 Å². The molecule has 0 amide bonds. The highest BCUT2D eigenvalue weighted by Gasteiger charge is 2.26. The number of aliphatic hydroxyl groups is 1. The van der Waals surface area contributed by atoms with Crippen LogP contribution in [-0.2, 0) is 0 Å². The maximum atomic E-state index is 13.8. The highest BCUT2D eigenvalue weighted by atomic mass is 79.9. The van der Waals surface area contributed by atoms with E-state index in [9.17, 15) is 13.9 Å². The molecule has 0 radical (unpaired) electrons. The molecule has 2 atom stereocenters. The monoisotopic (exact) mass is 341 g/mol. The molecule has 20 heavy (non-hydrogen) atoms. The Kier molecular flexibility index (Phi) is 4.86. The van der Waals surface area contributed by atoms with Crippen LogP contribution in [0.15, 0.2) is 46.9 Å². The van der Waals surface area contributed by atoms with E-state index in [1.807, 2.05) is 12.1 Å². The van der Waals surface area contributed by atoms with Gasteiger partial charge in [-0.05, 0) is 17.7 Å². The molecule has 0 aliphatic carbocycles. The summed E-state index contributed by atoms with van der Waals surface area (Å²) in [6.07, 6.45) is -1.21. The van der Waals surface area contributed by atoms with Crippen molar-refractivity contribution in [2.75, 3.05) is 6.54 Å². The van der Waals surface area contributed by atoms with Crippen LogP contribution in [-0.4, -0.2) is 11.7 Å². The van der Waals surface area contributed by atoms with E-state index in [0.29, 0.717) is 0 Å². The maximum absolute atomic E-state index is 13.8. The number of hydrogen-bond donors (Lipinski definition) is 2. The van der Waals surface area contributed by atoms with Crippen LogP contribution in [0.5, 0.6) is 0 Å². The average Bonchev–Trinajstić information content (AvgIpc) is 2.44. The lowest BCUT2D eigenvalue weighted by atomic mass is 9.89. The lowest BCUT2D eigenvalue weighted by Gasteiger charge is -2.23. The van der Waals surface area contributed by atoms with Crippen molar-refractivity contribution in [1.29, 1.82) is 0 Å². The van der Waals surface area contributed by atoms with E-state index in [0.717, 1.165) is 16.1 Å². The fraction of sp³-hybridized carbons (Fsp3) is 0.200. The second-order valence-electron chi connectivity index (χ2n) is 4.45. The smallest absolute Gasteiger partial charge is 0.164 e. The zero-order chi connectivity index (χ0) is 14.7. The highest BCUT2D eigenvalue weighted by molar-refractivity contribution is 9.10. The Bertz CT molecular complexity index is 606. The quantitative estimate of drug-likeness (QED) is 0.893. The predicted octanol–water partition coefficient (Wildman–Crippen LogP) is 3.50. The van der Waals surface area contributed by atoms with Gasteiger partial charge in [-0.3, -0.25) is 0 Å². The van der Waals surface area contributed by atoms with Crippen LogP contribution in [0.2, 0.25) is 0 Å². The van der Waals surface area contributed by atoms with Gasteiger partial charge in [-0.2, -0.15) is 0 Å². The fourth-order valence-corrected chi connectivity index (χ4v) is 2.75. The van der Waals surface area contributed by atoms with Crippen LogP contribution in [0.3, 0.4) is 0 Å². The molecule has 0 aliphatic rings. The minimum Gasteiger partial charge on any atom is -0.388 e. The molecule has 0 fully saturated rings. The van der Waals surface area contributed by atoms with Gasteiger partial charge >= 0.3 is 0 Å². The number of benzene rings is 2. The van der Waals surface area contributed by atoms with Gasteiger partial charge in [0.25, 0.3) is 0 Å². The summed E-state index contributed by atoms with van der Waals surface area (Å²) >= 11 is 3.38. The normalized spacial score (nSPS) is 14.1. The summed E-state index contributed by atoms with van der Waals surface area (Å²) in [5.41, 5.74) is 6.37. The Labute approximate surface area is 124 Å². The molecule has 2 unspecified atom stereocenters. The first-order valence-corrected chi connectivity index (χ1v) is 6.92. The standard InChI is InChI=1S/C15H14BrF2NO/c16-12-6-2-1-4-9(12)11(8-19)15(20)10-5-3-7-13(17)14(10)18/h1-7,11,15,20H,8,19H2. The first-order chi connectivity index (χ1) is 9.56. The summed E-state index contributed by atoms with van der Waals surface area (Å²) in [6, 6.07) is 11.0. The Morgan fingerprint density at radius 3 is 2.35 bits per heavy atom. The van der Waals surface area contributed by atoms with Gasteiger partial charge < -0.3 is 10.8 Å².